The Balaban J connectivity index is 2.21. The predicted octanol–water partition coefficient (Wildman–Crippen LogP) is 1.94. The fourth-order valence-electron chi connectivity index (χ4n) is 3.16. The second-order valence-corrected chi connectivity index (χ2v) is 7.62. The minimum Gasteiger partial charge on any atom is -0.454 e. The first kappa shape index (κ1) is 13.7. The minimum absolute atomic E-state index is 0.0544. The van der Waals surface area contributed by atoms with Crippen LogP contribution >= 0.6 is 0 Å². The minimum atomic E-state index is -3.43. The number of hydrogen-bond donors (Lipinski definition) is 1. The Morgan fingerprint density at radius 3 is 2.50 bits per heavy atom. The molecule has 2 aliphatic rings. The van der Waals surface area contributed by atoms with Crippen LogP contribution in [0.25, 0.3) is 0 Å². The molecule has 0 saturated heterocycles. The highest BCUT2D eigenvalue weighted by atomic mass is 32.2. The van der Waals surface area contributed by atoms with Crippen molar-refractivity contribution in [3.63, 3.8) is 0 Å². The van der Waals surface area contributed by atoms with Crippen molar-refractivity contribution in [2.75, 3.05) is 13.0 Å². The SMILES string of the molecule is CS(=O)(=O)c1c(C2(N)CCCCC2)ccc2c1OCO2. The van der Waals surface area contributed by atoms with Crippen LogP contribution in [0.5, 0.6) is 11.5 Å². The molecule has 0 spiro atoms. The van der Waals surface area contributed by atoms with Gasteiger partial charge in [-0.3, -0.25) is 0 Å². The first-order valence-corrected chi connectivity index (χ1v) is 8.73. The molecule has 6 heteroatoms. The number of sulfone groups is 1. The highest BCUT2D eigenvalue weighted by molar-refractivity contribution is 7.90. The Labute approximate surface area is 119 Å². The largest absolute Gasteiger partial charge is 0.454 e. The monoisotopic (exact) mass is 297 g/mol. The van der Waals surface area contributed by atoms with Crippen molar-refractivity contribution in [1.82, 2.24) is 0 Å². The maximum atomic E-state index is 12.2. The van der Waals surface area contributed by atoms with Gasteiger partial charge < -0.3 is 15.2 Å². The van der Waals surface area contributed by atoms with Gasteiger partial charge in [0.1, 0.15) is 4.90 Å². The van der Waals surface area contributed by atoms with Gasteiger partial charge >= 0.3 is 0 Å². The molecule has 20 heavy (non-hydrogen) atoms. The van der Waals surface area contributed by atoms with E-state index in [1.165, 1.54) is 6.26 Å². The number of ether oxygens (including phenoxy) is 2. The van der Waals surface area contributed by atoms with Gasteiger partial charge in [0.05, 0.1) is 0 Å². The van der Waals surface area contributed by atoms with Gasteiger partial charge in [-0.1, -0.05) is 25.3 Å². The molecule has 1 fully saturated rings. The molecule has 0 radical (unpaired) electrons. The number of hydrogen-bond acceptors (Lipinski definition) is 5. The Bertz CT molecular complexity index is 633. The van der Waals surface area contributed by atoms with Gasteiger partial charge in [0.2, 0.25) is 6.79 Å². The van der Waals surface area contributed by atoms with Crippen LogP contribution in [-0.2, 0) is 15.4 Å². The first-order valence-electron chi connectivity index (χ1n) is 6.84. The fourth-order valence-corrected chi connectivity index (χ4v) is 4.33. The van der Waals surface area contributed by atoms with E-state index in [1.807, 2.05) is 0 Å². The van der Waals surface area contributed by atoms with Gasteiger partial charge in [-0.25, -0.2) is 8.42 Å². The molecule has 1 aromatic rings. The average Bonchev–Trinajstić information content (AvgIpc) is 2.85. The van der Waals surface area contributed by atoms with Crippen molar-refractivity contribution in [3.8, 4) is 11.5 Å². The zero-order chi connectivity index (χ0) is 14.4. The molecular formula is C14H19NO4S. The molecule has 1 aromatic carbocycles. The molecule has 1 heterocycles. The smallest absolute Gasteiger partial charge is 0.231 e. The molecule has 5 nitrogen and oxygen atoms in total. The lowest BCUT2D eigenvalue weighted by Gasteiger charge is -2.35. The highest BCUT2D eigenvalue weighted by Gasteiger charge is 2.37. The molecule has 1 aliphatic heterocycles. The molecule has 2 N–H and O–H groups in total. The Hall–Kier alpha value is -1.27. The molecule has 1 aliphatic carbocycles. The quantitative estimate of drug-likeness (QED) is 0.902. The number of fused-ring (bicyclic) bond motifs is 1. The Morgan fingerprint density at radius 2 is 1.85 bits per heavy atom. The van der Waals surface area contributed by atoms with Gasteiger partial charge in [0.25, 0.3) is 0 Å². The van der Waals surface area contributed by atoms with Crippen molar-refractivity contribution >= 4 is 9.84 Å². The van der Waals surface area contributed by atoms with E-state index in [9.17, 15) is 8.42 Å². The summed E-state index contributed by atoms with van der Waals surface area (Å²) in [6, 6.07) is 3.55. The summed E-state index contributed by atoms with van der Waals surface area (Å²) < 4.78 is 35.1. The van der Waals surface area contributed by atoms with Crippen LogP contribution in [0.4, 0.5) is 0 Å². The summed E-state index contributed by atoms with van der Waals surface area (Å²) in [6.07, 6.45) is 5.99. The van der Waals surface area contributed by atoms with Crippen LogP contribution in [0.3, 0.4) is 0 Å². The average molecular weight is 297 g/mol. The van der Waals surface area contributed by atoms with Crippen LogP contribution in [0.15, 0.2) is 17.0 Å². The molecule has 110 valence electrons. The molecule has 0 amide bonds. The third kappa shape index (κ3) is 2.16. The van der Waals surface area contributed by atoms with Gasteiger partial charge in [0.15, 0.2) is 21.3 Å². The Morgan fingerprint density at radius 1 is 1.15 bits per heavy atom. The number of rotatable bonds is 2. The summed E-state index contributed by atoms with van der Waals surface area (Å²) in [4.78, 5) is 0.205. The van der Waals surface area contributed by atoms with E-state index in [0.717, 1.165) is 32.1 Å². The summed E-state index contributed by atoms with van der Waals surface area (Å²) >= 11 is 0. The second kappa shape index (κ2) is 4.63. The molecule has 0 atom stereocenters. The molecule has 0 aromatic heterocycles. The summed E-state index contributed by atoms with van der Waals surface area (Å²) in [7, 11) is -3.43. The molecule has 1 saturated carbocycles. The van der Waals surface area contributed by atoms with Crippen LogP contribution in [0.2, 0.25) is 0 Å². The molecule has 0 unspecified atom stereocenters. The first-order chi connectivity index (χ1) is 9.42. The van der Waals surface area contributed by atoms with Crippen molar-refractivity contribution in [3.05, 3.63) is 17.7 Å². The standard InChI is InChI=1S/C14H19NO4S/c1-20(16,17)13-10(14(15)7-3-2-4-8-14)5-6-11-12(13)19-9-18-11/h5-6H,2-4,7-9,15H2,1H3. The van der Waals surface area contributed by atoms with Crippen LogP contribution < -0.4 is 15.2 Å². The van der Waals surface area contributed by atoms with Crippen molar-refractivity contribution in [2.45, 2.75) is 42.5 Å². The molecule has 3 rings (SSSR count). The summed E-state index contributed by atoms with van der Waals surface area (Å²) in [6.45, 7) is 0.0544. The third-order valence-corrected chi connectivity index (χ3v) is 5.29. The van der Waals surface area contributed by atoms with E-state index in [-0.39, 0.29) is 11.7 Å². The fraction of sp³-hybridized carbons (Fsp3) is 0.571. The van der Waals surface area contributed by atoms with Gasteiger partial charge in [-0.15, -0.1) is 0 Å². The second-order valence-electron chi connectivity index (χ2n) is 5.66. The van der Waals surface area contributed by atoms with E-state index < -0.39 is 15.4 Å². The normalized spacial score (nSPS) is 20.9. The van der Waals surface area contributed by atoms with Crippen LogP contribution in [0.1, 0.15) is 37.7 Å². The van der Waals surface area contributed by atoms with Crippen LogP contribution in [0, 0.1) is 0 Å². The summed E-state index contributed by atoms with van der Waals surface area (Å²) in [5.74, 6) is 0.800. The van der Waals surface area contributed by atoms with Crippen molar-refractivity contribution < 1.29 is 17.9 Å². The third-order valence-electron chi connectivity index (χ3n) is 4.15. The summed E-state index contributed by atoms with van der Waals surface area (Å²) in [5.41, 5.74) is 6.60. The van der Waals surface area contributed by atoms with E-state index >= 15 is 0 Å². The van der Waals surface area contributed by atoms with Gasteiger partial charge in [0, 0.05) is 11.8 Å². The van der Waals surface area contributed by atoms with Crippen molar-refractivity contribution in [1.29, 1.82) is 0 Å². The Kier molecular flexibility index (Phi) is 3.17. The predicted molar refractivity (Wildman–Crippen MR) is 74.6 cm³/mol. The number of nitrogens with two attached hydrogens (primary N) is 1. The molecular weight excluding hydrogens is 278 g/mol. The highest BCUT2D eigenvalue weighted by Crippen LogP contribution is 2.46. The van der Waals surface area contributed by atoms with E-state index in [4.69, 9.17) is 15.2 Å². The lowest BCUT2D eigenvalue weighted by molar-refractivity contribution is 0.171. The lowest BCUT2D eigenvalue weighted by atomic mass is 9.77. The number of benzene rings is 1. The van der Waals surface area contributed by atoms with Crippen LogP contribution in [-0.4, -0.2) is 21.5 Å². The zero-order valence-electron chi connectivity index (χ0n) is 11.5. The zero-order valence-corrected chi connectivity index (χ0v) is 12.3. The lowest BCUT2D eigenvalue weighted by Crippen LogP contribution is -2.39. The summed E-state index contributed by atoms with van der Waals surface area (Å²) in [5, 5.41) is 0. The molecule has 0 bridgehead atoms. The van der Waals surface area contributed by atoms with E-state index in [2.05, 4.69) is 0 Å². The van der Waals surface area contributed by atoms with E-state index in [0.29, 0.717) is 17.1 Å². The van der Waals surface area contributed by atoms with Gasteiger partial charge in [-0.2, -0.15) is 0 Å². The maximum Gasteiger partial charge on any atom is 0.231 e. The van der Waals surface area contributed by atoms with Gasteiger partial charge in [-0.05, 0) is 24.5 Å². The maximum absolute atomic E-state index is 12.2. The van der Waals surface area contributed by atoms with Crippen molar-refractivity contribution in [2.24, 2.45) is 5.73 Å². The topological polar surface area (TPSA) is 78.6 Å². The van der Waals surface area contributed by atoms with E-state index in [1.54, 1.807) is 12.1 Å².